The van der Waals surface area contributed by atoms with Gasteiger partial charge >= 0.3 is 0 Å². The summed E-state index contributed by atoms with van der Waals surface area (Å²) in [6, 6.07) is 0.0844. The molecule has 0 fully saturated rings. The van der Waals surface area contributed by atoms with Gasteiger partial charge in [-0.15, -0.1) is 5.10 Å². The van der Waals surface area contributed by atoms with E-state index in [1.165, 1.54) is 10.9 Å². The van der Waals surface area contributed by atoms with Crippen molar-refractivity contribution in [2.45, 2.75) is 40.3 Å². The van der Waals surface area contributed by atoms with Crippen LogP contribution in [0.1, 0.15) is 27.7 Å². The molecule has 0 spiro atoms. The Kier molecular flexibility index (Phi) is 4.82. The Morgan fingerprint density at radius 2 is 2.00 bits per heavy atom. The van der Waals surface area contributed by atoms with E-state index in [-0.39, 0.29) is 30.3 Å². The number of carbonyl (C=O) groups excluding carboxylic acids is 2. The van der Waals surface area contributed by atoms with Gasteiger partial charge < -0.3 is 10.6 Å². The molecule has 7 nitrogen and oxygen atoms in total. The summed E-state index contributed by atoms with van der Waals surface area (Å²) >= 11 is 0. The molecule has 1 heterocycles. The first kappa shape index (κ1) is 14.1. The van der Waals surface area contributed by atoms with Crippen LogP contribution in [-0.2, 0) is 16.1 Å². The minimum absolute atomic E-state index is 0.0844. The molecule has 0 saturated carbocycles. The van der Waals surface area contributed by atoms with E-state index in [9.17, 15) is 9.59 Å². The van der Waals surface area contributed by atoms with Crippen LogP contribution in [0, 0.1) is 5.92 Å². The van der Waals surface area contributed by atoms with Crippen molar-refractivity contribution in [3.05, 3.63) is 6.20 Å². The van der Waals surface area contributed by atoms with Gasteiger partial charge in [0.05, 0.1) is 6.20 Å². The van der Waals surface area contributed by atoms with E-state index >= 15 is 0 Å². The monoisotopic (exact) mass is 253 g/mol. The van der Waals surface area contributed by atoms with E-state index < -0.39 is 0 Å². The summed E-state index contributed by atoms with van der Waals surface area (Å²) in [5.74, 6) is -0.0456. The van der Waals surface area contributed by atoms with Crippen LogP contribution in [0.4, 0.5) is 5.82 Å². The van der Waals surface area contributed by atoms with Crippen LogP contribution in [0.25, 0.3) is 0 Å². The van der Waals surface area contributed by atoms with E-state index in [0.29, 0.717) is 5.82 Å². The number of anilines is 1. The summed E-state index contributed by atoms with van der Waals surface area (Å²) in [5, 5.41) is 12.9. The summed E-state index contributed by atoms with van der Waals surface area (Å²) in [7, 11) is 0. The van der Waals surface area contributed by atoms with Gasteiger partial charge in [-0.1, -0.05) is 19.1 Å². The number of hydrogen-bond donors (Lipinski definition) is 2. The molecule has 0 saturated heterocycles. The summed E-state index contributed by atoms with van der Waals surface area (Å²) in [5.41, 5.74) is 0. The highest BCUT2D eigenvalue weighted by molar-refractivity contribution is 5.90. The van der Waals surface area contributed by atoms with Gasteiger partial charge in [0, 0.05) is 12.0 Å². The molecule has 0 aliphatic heterocycles. The van der Waals surface area contributed by atoms with Crippen LogP contribution >= 0.6 is 0 Å². The highest BCUT2D eigenvalue weighted by atomic mass is 16.2. The second kappa shape index (κ2) is 6.13. The van der Waals surface area contributed by atoms with Gasteiger partial charge in [-0.05, 0) is 13.8 Å². The van der Waals surface area contributed by atoms with Crippen LogP contribution in [0.2, 0.25) is 0 Å². The second-order valence-corrected chi connectivity index (χ2v) is 4.67. The first-order valence-corrected chi connectivity index (χ1v) is 5.89. The molecule has 0 aliphatic carbocycles. The Labute approximate surface area is 106 Å². The molecule has 0 bridgehead atoms. The number of carbonyl (C=O) groups is 2. The molecule has 1 rings (SSSR count). The van der Waals surface area contributed by atoms with Crippen molar-refractivity contribution in [1.82, 2.24) is 20.3 Å². The minimum Gasteiger partial charge on any atom is -0.352 e. The lowest BCUT2D eigenvalue weighted by atomic mass is 10.2. The second-order valence-electron chi connectivity index (χ2n) is 4.67. The van der Waals surface area contributed by atoms with Crippen molar-refractivity contribution in [3.63, 3.8) is 0 Å². The smallest absolute Gasteiger partial charge is 0.241 e. The fraction of sp³-hybridized carbons (Fsp3) is 0.636. The SMILES string of the molecule is CC(C)NC(=O)Cn1cc(NC(=O)C(C)C)nn1. The molecule has 2 N–H and O–H groups in total. The van der Waals surface area contributed by atoms with Crippen molar-refractivity contribution in [1.29, 1.82) is 0 Å². The Morgan fingerprint density at radius 3 is 2.56 bits per heavy atom. The maximum atomic E-state index is 11.5. The van der Waals surface area contributed by atoms with Crippen LogP contribution in [-0.4, -0.2) is 32.9 Å². The zero-order valence-corrected chi connectivity index (χ0v) is 11.1. The Hall–Kier alpha value is -1.92. The number of amides is 2. The Bertz CT molecular complexity index is 425. The maximum Gasteiger partial charge on any atom is 0.241 e. The van der Waals surface area contributed by atoms with Crippen LogP contribution in [0.5, 0.6) is 0 Å². The number of aromatic nitrogens is 3. The lowest BCUT2D eigenvalue weighted by molar-refractivity contribution is -0.122. The average molecular weight is 253 g/mol. The van der Waals surface area contributed by atoms with Crippen LogP contribution < -0.4 is 10.6 Å². The van der Waals surface area contributed by atoms with E-state index in [1.54, 1.807) is 13.8 Å². The van der Waals surface area contributed by atoms with Gasteiger partial charge in [0.15, 0.2) is 5.82 Å². The largest absolute Gasteiger partial charge is 0.352 e. The third-order valence-corrected chi connectivity index (χ3v) is 2.07. The predicted octanol–water partition coefficient (Wildman–Crippen LogP) is 0.397. The molecule has 100 valence electrons. The molecule has 2 amide bonds. The molecule has 1 aromatic heterocycles. The van der Waals surface area contributed by atoms with E-state index in [1.807, 2.05) is 13.8 Å². The molecule has 18 heavy (non-hydrogen) atoms. The highest BCUT2D eigenvalue weighted by Crippen LogP contribution is 2.03. The fourth-order valence-electron chi connectivity index (χ4n) is 1.22. The molecule has 0 radical (unpaired) electrons. The maximum absolute atomic E-state index is 11.5. The quantitative estimate of drug-likeness (QED) is 0.794. The molecule has 1 aromatic rings. The van der Waals surface area contributed by atoms with Gasteiger partial charge in [-0.3, -0.25) is 9.59 Å². The topological polar surface area (TPSA) is 88.9 Å². The highest BCUT2D eigenvalue weighted by Gasteiger charge is 2.11. The number of rotatable bonds is 5. The Morgan fingerprint density at radius 1 is 1.33 bits per heavy atom. The first-order chi connectivity index (χ1) is 8.38. The van der Waals surface area contributed by atoms with E-state index in [2.05, 4.69) is 20.9 Å². The number of nitrogens with zero attached hydrogens (tertiary/aromatic N) is 3. The molecular formula is C11H19N5O2. The fourth-order valence-corrected chi connectivity index (χ4v) is 1.22. The standard InChI is InChI=1S/C11H19N5O2/c1-7(2)11(18)13-9-5-16(15-14-9)6-10(17)12-8(3)4/h5,7-8H,6H2,1-4H3,(H,12,17)(H,13,18). The predicted molar refractivity (Wildman–Crippen MR) is 66.8 cm³/mol. The van der Waals surface area contributed by atoms with Crippen molar-refractivity contribution in [3.8, 4) is 0 Å². The van der Waals surface area contributed by atoms with Gasteiger partial charge in [-0.25, -0.2) is 4.68 Å². The zero-order valence-electron chi connectivity index (χ0n) is 11.1. The molecule has 0 aliphatic rings. The van der Waals surface area contributed by atoms with Crippen molar-refractivity contribution in [2.75, 3.05) is 5.32 Å². The molecule has 7 heteroatoms. The summed E-state index contributed by atoms with van der Waals surface area (Å²) in [4.78, 5) is 22.9. The Balaban J connectivity index is 2.53. The third kappa shape index (κ3) is 4.52. The van der Waals surface area contributed by atoms with Crippen LogP contribution in [0.15, 0.2) is 6.20 Å². The summed E-state index contributed by atoms with van der Waals surface area (Å²) in [6.45, 7) is 7.43. The zero-order chi connectivity index (χ0) is 13.7. The van der Waals surface area contributed by atoms with Gasteiger partial charge in [-0.2, -0.15) is 0 Å². The number of nitrogens with one attached hydrogen (secondary N) is 2. The molecule has 0 atom stereocenters. The first-order valence-electron chi connectivity index (χ1n) is 5.89. The lowest BCUT2D eigenvalue weighted by Gasteiger charge is -2.07. The summed E-state index contributed by atoms with van der Waals surface area (Å²) < 4.78 is 1.38. The molecular weight excluding hydrogens is 234 g/mol. The van der Waals surface area contributed by atoms with Crippen molar-refractivity contribution >= 4 is 17.6 Å². The van der Waals surface area contributed by atoms with Crippen molar-refractivity contribution < 1.29 is 9.59 Å². The van der Waals surface area contributed by atoms with Crippen LogP contribution in [0.3, 0.4) is 0 Å². The summed E-state index contributed by atoms with van der Waals surface area (Å²) in [6.07, 6.45) is 1.53. The van der Waals surface area contributed by atoms with Crippen molar-refractivity contribution in [2.24, 2.45) is 5.92 Å². The minimum atomic E-state index is -0.142. The lowest BCUT2D eigenvalue weighted by Crippen LogP contribution is -2.33. The number of hydrogen-bond acceptors (Lipinski definition) is 4. The van der Waals surface area contributed by atoms with Gasteiger partial charge in [0.25, 0.3) is 0 Å². The van der Waals surface area contributed by atoms with Gasteiger partial charge in [0.2, 0.25) is 11.8 Å². The average Bonchev–Trinajstić information content (AvgIpc) is 2.63. The van der Waals surface area contributed by atoms with E-state index in [4.69, 9.17) is 0 Å². The van der Waals surface area contributed by atoms with E-state index in [0.717, 1.165) is 0 Å². The molecule has 0 unspecified atom stereocenters. The van der Waals surface area contributed by atoms with Gasteiger partial charge in [0.1, 0.15) is 6.54 Å². The third-order valence-electron chi connectivity index (χ3n) is 2.07. The molecule has 0 aromatic carbocycles. The normalized spacial score (nSPS) is 10.8.